The maximum absolute atomic E-state index is 11.6. The molecule has 1 amide bonds. The topological polar surface area (TPSA) is 91.1 Å². The van der Waals surface area contributed by atoms with Crippen LogP contribution < -0.4 is 16.0 Å². The van der Waals surface area contributed by atoms with E-state index in [0.29, 0.717) is 25.6 Å². The fourth-order valence-electron chi connectivity index (χ4n) is 3.02. The van der Waals surface area contributed by atoms with Gasteiger partial charge in [0, 0.05) is 26.7 Å². The molecule has 1 aromatic rings. The normalized spacial score (nSPS) is 16.2. The summed E-state index contributed by atoms with van der Waals surface area (Å²) in [7, 11) is 1.73. The second-order valence-corrected chi connectivity index (χ2v) is 7.58. The van der Waals surface area contributed by atoms with Gasteiger partial charge < -0.3 is 25.1 Å². The molecule has 2 heterocycles. The van der Waals surface area contributed by atoms with E-state index in [2.05, 4.69) is 25.8 Å². The van der Waals surface area contributed by atoms with Crippen molar-refractivity contribution in [3.05, 3.63) is 24.2 Å². The summed E-state index contributed by atoms with van der Waals surface area (Å²) in [5.74, 6) is 1.66. The van der Waals surface area contributed by atoms with Crippen molar-refractivity contribution in [2.24, 2.45) is 4.99 Å². The van der Waals surface area contributed by atoms with Gasteiger partial charge in [0.05, 0.1) is 12.3 Å². The van der Waals surface area contributed by atoms with E-state index < -0.39 is 11.7 Å². The zero-order valence-corrected chi connectivity index (χ0v) is 19.6. The van der Waals surface area contributed by atoms with Crippen LogP contribution in [0.4, 0.5) is 4.79 Å². The Morgan fingerprint density at radius 1 is 1.25 bits per heavy atom. The largest absolute Gasteiger partial charge is 0.468 e. The van der Waals surface area contributed by atoms with Crippen LogP contribution in [0.5, 0.6) is 0 Å². The summed E-state index contributed by atoms with van der Waals surface area (Å²) in [5.41, 5.74) is -0.495. The first-order valence-corrected chi connectivity index (χ1v) is 9.58. The van der Waals surface area contributed by atoms with Crippen molar-refractivity contribution >= 4 is 36.0 Å². The van der Waals surface area contributed by atoms with Gasteiger partial charge in [-0.15, -0.1) is 24.0 Å². The quantitative estimate of drug-likeness (QED) is 0.228. The molecule has 0 aromatic carbocycles. The van der Waals surface area contributed by atoms with Crippen LogP contribution in [0.3, 0.4) is 0 Å². The summed E-state index contributed by atoms with van der Waals surface area (Å²) < 4.78 is 10.8. The Labute approximate surface area is 184 Å². The highest BCUT2D eigenvalue weighted by atomic mass is 127. The molecule has 8 nitrogen and oxygen atoms in total. The molecular weight excluding hydrogens is 473 g/mol. The Balaban J connectivity index is 0.00000392. The second kappa shape index (κ2) is 12.2. The van der Waals surface area contributed by atoms with Crippen LogP contribution in [0.15, 0.2) is 27.8 Å². The van der Waals surface area contributed by atoms with Gasteiger partial charge in [-0.1, -0.05) is 0 Å². The Bertz CT molecular complexity index is 595. The molecule has 1 unspecified atom stereocenters. The van der Waals surface area contributed by atoms with Gasteiger partial charge in [0.25, 0.3) is 0 Å². The Morgan fingerprint density at radius 2 is 1.93 bits per heavy atom. The molecule has 28 heavy (non-hydrogen) atoms. The van der Waals surface area contributed by atoms with Crippen molar-refractivity contribution in [2.75, 3.05) is 39.8 Å². The Kier molecular flexibility index (Phi) is 10.7. The number of halogens is 1. The Hall–Kier alpha value is -1.49. The lowest BCUT2D eigenvalue weighted by Crippen LogP contribution is -2.45. The summed E-state index contributed by atoms with van der Waals surface area (Å²) in [6, 6.07) is 4.13. The number of likely N-dealkylation sites (tertiary alicyclic amines) is 1. The second-order valence-electron chi connectivity index (χ2n) is 7.58. The number of aliphatic imine (C=N–C) groups is 1. The van der Waals surface area contributed by atoms with E-state index in [-0.39, 0.29) is 30.0 Å². The van der Waals surface area contributed by atoms with E-state index in [9.17, 15) is 4.79 Å². The maximum atomic E-state index is 11.6. The number of guanidine groups is 1. The third-order valence-corrected chi connectivity index (χ3v) is 4.23. The minimum Gasteiger partial charge on any atom is -0.468 e. The summed E-state index contributed by atoms with van der Waals surface area (Å²) >= 11 is 0. The first-order valence-electron chi connectivity index (χ1n) is 9.58. The van der Waals surface area contributed by atoms with E-state index in [4.69, 9.17) is 9.15 Å². The molecule has 1 aliphatic heterocycles. The number of hydrogen-bond acceptors (Lipinski definition) is 5. The molecule has 0 saturated carbocycles. The first kappa shape index (κ1) is 24.5. The van der Waals surface area contributed by atoms with Crippen LogP contribution in [-0.4, -0.2) is 62.3 Å². The smallest absolute Gasteiger partial charge is 0.407 e. The lowest BCUT2D eigenvalue weighted by Gasteiger charge is -2.26. The number of nitrogens with zero attached hydrogens (tertiary/aromatic N) is 2. The number of nitrogens with one attached hydrogen (secondary N) is 3. The summed E-state index contributed by atoms with van der Waals surface area (Å²) in [4.78, 5) is 18.3. The minimum atomic E-state index is -0.495. The van der Waals surface area contributed by atoms with Gasteiger partial charge in [-0.25, -0.2) is 4.79 Å². The van der Waals surface area contributed by atoms with Crippen LogP contribution >= 0.6 is 24.0 Å². The summed E-state index contributed by atoms with van der Waals surface area (Å²) in [6.07, 6.45) is 3.74. The third-order valence-electron chi connectivity index (χ3n) is 4.23. The number of ether oxygens (including phenoxy) is 1. The predicted octanol–water partition coefficient (Wildman–Crippen LogP) is 2.72. The van der Waals surface area contributed by atoms with Crippen LogP contribution in [0.1, 0.15) is 45.4 Å². The van der Waals surface area contributed by atoms with Crippen molar-refractivity contribution in [2.45, 2.75) is 45.3 Å². The van der Waals surface area contributed by atoms with Gasteiger partial charge in [0.2, 0.25) is 0 Å². The van der Waals surface area contributed by atoms with Crippen molar-refractivity contribution in [3.8, 4) is 0 Å². The average molecular weight is 507 g/mol. The van der Waals surface area contributed by atoms with Crippen LogP contribution in [-0.2, 0) is 4.74 Å². The molecule has 1 fully saturated rings. The summed E-state index contributed by atoms with van der Waals surface area (Å²) in [6.45, 7) is 9.38. The highest BCUT2D eigenvalue weighted by molar-refractivity contribution is 14.0. The molecule has 3 N–H and O–H groups in total. The van der Waals surface area contributed by atoms with E-state index in [1.807, 2.05) is 32.9 Å². The highest BCUT2D eigenvalue weighted by Gasteiger charge is 2.25. The monoisotopic (exact) mass is 507 g/mol. The minimum absolute atomic E-state index is 0. The lowest BCUT2D eigenvalue weighted by atomic mass is 10.2. The van der Waals surface area contributed by atoms with Crippen LogP contribution in [0, 0.1) is 0 Å². The molecule has 1 atom stereocenters. The van der Waals surface area contributed by atoms with E-state index >= 15 is 0 Å². The molecule has 9 heteroatoms. The molecule has 1 aliphatic rings. The third kappa shape index (κ3) is 8.68. The van der Waals surface area contributed by atoms with Gasteiger partial charge >= 0.3 is 6.09 Å². The van der Waals surface area contributed by atoms with E-state index in [1.54, 1.807) is 13.3 Å². The van der Waals surface area contributed by atoms with Gasteiger partial charge in [-0.05, 0) is 58.8 Å². The number of carbonyl (C=O) groups is 1. The van der Waals surface area contributed by atoms with Crippen molar-refractivity contribution in [3.63, 3.8) is 0 Å². The molecule has 1 aromatic heterocycles. The number of hydrogen-bond donors (Lipinski definition) is 3. The number of carbonyl (C=O) groups excluding carboxylic acids is 1. The number of alkyl carbamates (subject to hydrolysis) is 1. The standard InChI is InChI=1S/C19H33N5O3.HI/c1-19(2,3)27-18(25)22-10-9-21-17(20-4)23-14-15(16-8-7-13-26-16)24-11-5-6-12-24;/h7-8,13,15H,5-6,9-12,14H2,1-4H3,(H,22,25)(H2,20,21,23);1H. The maximum Gasteiger partial charge on any atom is 0.407 e. The summed E-state index contributed by atoms with van der Waals surface area (Å²) in [5, 5.41) is 9.27. The van der Waals surface area contributed by atoms with Crippen molar-refractivity contribution < 1.29 is 13.9 Å². The molecule has 0 aliphatic carbocycles. The molecule has 0 spiro atoms. The zero-order chi connectivity index (χ0) is 19.7. The van der Waals surface area contributed by atoms with Gasteiger partial charge in [0.15, 0.2) is 5.96 Å². The van der Waals surface area contributed by atoms with Crippen molar-refractivity contribution in [1.29, 1.82) is 0 Å². The highest BCUT2D eigenvalue weighted by Crippen LogP contribution is 2.24. The van der Waals surface area contributed by atoms with Gasteiger partial charge in [0.1, 0.15) is 11.4 Å². The van der Waals surface area contributed by atoms with E-state index in [1.165, 1.54) is 12.8 Å². The van der Waals surface area contributed by atoms with Crippen LogP contribution in [0.2, 0.25) is 0 Å². The molecule has 0 bridgehead atoms. The zero-order valence-electron chi connectivity index (χ0n) is 17.3. The van der Waals surface area contributed by atoms with E-state index in [0.717, 1.165) is 18.8 Å². The fraction of sp³-hybridized carbons (Fsp3) is 0.684. The van der Waals surface area contributed by atoms with Crippen LogP contribution in [0.25, 0.3) is 0 Å². The number of amides is 1. The number of rotatable bonds is 7. The SMILES string of the molecule is CN=C(NCCNC(=O)OC(C)(C)C)NCC(c1ccco1)N1CCCC1.I. The molecular formula is C19H34IN5O3. The number of furan rings is 1. The molecule has 160 valence electrons. The average Bonchev–Trinajstić information content (AvgIpc) is 3.29. The van der Waals surface area contributed by atoms with Gasteiger partial charge in [-0.2, -0.15) is 0 Å². The molecule has 1 saturated heterocycles. The molecule has 2 rings (SSSR count). The molecule has 0 radical (unpaired) electrons. The Morgan fingerprint density at radius 3 is 2.50 bits per heavy atom. The van der Waals surface area contributed by atoms with Gasteiger partial charge in [-0.3, -0.25) is 9.89 Å². The fourth-order valence-corrected chi connectivity index (χ4v) is 3.02. The lowest BCUT2D eigenvalue weighted by molar-refractivity contribution is 0.0529. The van der Waals surface area contributed by atoms with Crippen molar-refractivity contribution in [1.82, 2.24) is 20.9 Å². The predicted molar refractivity (Wildman–Crippen MR) is 121 cm³/mol. The first-order chi connectivity index (χ1) is 12.9.